The fraction of sp³-hybridized carbons (Fsp3) is 0.100. The van der Waals surface area contributed by atoms with Crippen molar-refractivity contribution in [3.63, 3.8) is 0 Å². The fourth-order valence-corrected chi connectivity index (χ4v) is 1.27. The van der Waals surface area contributed by atoms with Gasteiger partial charge in [-0.25, -0.2) is 8.78 Å². The van der Waals surface area contributed by atoms with Gasteiger partial charge in [0.25, 0.3) is 0 Å². The molecule has 1 heterocycles. The molecule has 82 valence electrons. The van der Waals surface area contributed by atoms with E-state index in [0.717, 1.165) is 6.20 Å². The monoisotopic (exact) mass is 223 g/mol. The highest BCUT2D eigenvalue weighted by Crippen LogP contribution is 2.17. The van der Waals surface area contributed by atoms with Gasteiger partial charge in [-0.3, -0.25) is 4.79 Å². The zero-order chi connectivity index (χ0) is 11.7. The molecular formula is C10H7F2N3O. The first-order valence-corrected chi connectivity index (χ1v) is 4.46. The van der Waals surface area contributed by atoms with Gasteiger partial charge in [-0.05, 0) is 18.6 Å². The minimum Gasteiger partial charge on any atom is -0.287 e. The average Bonchev–Trinajstić information content (AvgIpc) is 2.79. The van der Waals surface area contributed by atoms with Crippen molar-refractivity contribution < 1.29 is 13.6 Å². The summed E-state index contributed by atoms with van der Waals surface area (Å²) in [5, 5.41) is 9.17. The van der Waals surface area contributed by atoms with Gasteiger partial charge in [0, 0.05) is 0 Å². The van der Waals surface area contributed by atoms with E-state index < -0.39 is 17.4 Å². The molecule has 1 N–H and O–H groups in total. The first kappa shape index (κ1) is 10.4. The number of aromatic amines is 1. The maximum atomic E-state index is 13.5. The molecule has 0 spiro atoms. The number of carbonyl (C=O) groups is 1. The van der Waals surface area contributed by atoms with Crippen molar-refractivity contribution >= 4 is 5.78 Å². The summed E-state index contributed by atoms with van der Waals surface area (Å²) in [4.78, 5) is 11.7. The van der Waals surface area contributed by atoms with E-state index in [9.17, 15) is 13.6 Å². The third kappa shape index (κ3) is 1.58. The van der Waals surface area contributed by atoms with E-state index in [1.807, 2.05) is 0 Å². The molecule has 0 aliphatic heterocycles. The van der Waals surface area contributed by atoms with Crippen LogP contribution in [0.15, 0.2) is 18.3 Å². The van der Waals surface area contributed by atoms with Gasteiger partial charge in [-0.2, -0.15) is 15.4 Å². The van der Waals surface area contributed by atoms with E-state index in [-0.39, 0.29) is 16.8 Å². The Kier molecular flexibility index (Phi) is 2.47. The van der Waals surface area contributed by atoms with Gasteiger partial charge in [-0.15, -0.1) is 0 Å². The molecule has 0 amide bonds. The van der Waals surface area contributed by atoms with Gasteiger partial charge in [0.05, 0.1) is 11.8 Å². The number of nitrogens with one attached hydrogen (secondary N) is 1. The third-order valence-electron chi connectivity index (χ3n) is 2.17. The quantitative estimate of drug-likeness (QED) is 0.787. The molecule has 4 nitrogen and oxygen atoms in total. The van der Waals surface area contributed by atoms with E-state index in [0.29, 0.717) is 0 Å². The van der Waals surface area contributed by atoms with Crippen molar-refractivity contribution in [2.24, 2.45) is 0 Å². The van der Waals surface area contributed by atoms with Crippen molar-refractivity contribution in [2.45, 2.75) is 6.92 Å². The summed E-state index contributed by atoms with van der Waals surface area (Å²) >= 11 is 0. The van der Waals surface area contributed by atoms with Crippen LogP contribution in [0, 0.1) is 18.6 Å². The number of hydrogen-bond acceptors (Lipinski definition) is 3. The zero-order valence-electron chi connectivity index (χ0n) is 8.29. The lowest BCUT2D eigenvalue weighted by Gasteiger charge is -2.02. The topological polar surface area (TPSA) is 58.6 Å². The summed E-state index contributed by atoms with van der Waals surface area (Å²) < 4.78 is 26.7. The smallest absolute Gasteiger partial charge is 0.217 e. The van der Waals surface area contributed by atoms with Gasteiger partial charge >= 0.3 is 0 Å². The molecule has 1 aromatic heterocycles. The van der Waals surface area contributed by atoms with E-state index in [1.54, 1.807) is 0 Å². The molecule has 6 heteroatoms. The van der Waals surface area contributed by atoms with Crippen LogP contribution in [-0.4, -0.2) is 21.2 Å². The molecule has 2 aromatic rings. The molecule has 0 saturated carbocycles. The summed E-state index contributed by atoms with van der Waals surface area (Å²) in [5.41, 5.74) is -0.256. The summed E-state index contributed by atoms with van der Waals surface area (Å²) in [5.74, 6) is -2.88. The molecule has 0 atom stereocenters. The number of aromatic nitrogens is 3. The Bertz CT molecular complexity index is 537. The second-order valence-corrected chi connectivity index (χ2v) is 3.24. The molecule has 1 aromatic carbocycles. The molecule has 0 bridgehead atoms. The van der Waals surface area contributed by atoms with E-state index in [1.165, 1.54) is 19.1 Å². The number of benzene rings is 1. The number of hydrogen-bond donors (Lipinski definition) is 1. The number of halogens is 2. The van der Waals surface area contributed by atoms with Crippen LogP contribution in [-0.2, 0) is 0 Å². The lowest BCUT2D eigenvalue weighted by Crippen LogP contribution is -2.07. The molecule has 16 heavy (non-hydrogen) atoms. The number of aryl methyl sites for hydroxylation is 1. The Balaban J connectivity index is 2.50. The molecule has 0 radical (unpaired) electrons. The van der Waals surface area contributed by atoms with Crippen LogP contribution in [0.4, 0.5) is 8.78 Å². The summed E-state index contributed by atoms with van der Waals surface area (Å²) in [7, 11) is 0. The predicted molar refractivity (Wildman–Crippen MR) is 50.9 cm³/mol. The highest BCUT2D eigenvalue weighted by molar-refractivity contribution is 6.07. The lowest BCUT2D eigenvalue weighted by molar-refractivity contribution is 0.102. The molecule has 0 saturated heterocycles. The van der Waals surface area contributed by atoms with Gasteiger partial charge in [0.15, 0.2) is 17.3 Å². The van der Waals surface area contributed by atoms with Crippen molar-refractivity contribution in [1.82, 2.24) is 15.4 Å². The maximum Gasteiger partial charge on any atom is 0.217 e. The summed E-state index contributed by atoms with van der Waals surface area (Å²) in [6, 6.07) is 2.57. The molecule has 0 fully saturated rings. The Morgan fingerprint density at radius 3 is 2.69 bits per heavy atom. The number of ketones is 1. The maximum absolute atomic E-state index is 13.5. The largest absolute Gasteiger partial charge is 0.287 e. The fourth-order valence-electron chi connectivity index (χ4n) is 1.27. The van der Waals surface area contributed by atoms with E-state index in [2.05, 4.69) is 15.4 Å². The Morgan fingerprint density at radius 1 is 1.31 bits per heavy atom. The van der Waals surface area contributed by atoms with E-state index >= 15 is 0 Å². The Morgan fingerprint density at radius 2 is 2.06 bits per heavy atom. The van der Waals surface area contributed by atoms with Crippen LogP contribution in [0.5, 0.6) is 0 Å². The van der Waals surface area contributed by atoms with Crippen molar-refractivity contribution in [3.05, 3.63) is 46.8 Å². The second-order valence-electron chi connectivity index (χ2n) is 3.24. The first-order chi connectivity index (χ1) is 7.61. The molecule has 0 aliphatic rings. The normalized spacial score (nSPS) is 10.4. The minimum atomic E-state index is -1.16. The molecule has 2 rings (SSSR count). The molecular weight excluding hydrogens is 216 g/mol. The summed E-state index contributed by atoms with van der Waals surface area (Å²) in [6.07, 6.45) is 1.15. The average molecular weight is 223 g/mol. The first-order valence-electron chi connectivity index (χ1n) is 4.46. The van der Waals surface area contributed by atoms with Crippen LogP contribution in [0.1, 0.15) is 21.6 Å². The van der Waals surface area contributed by atoms with E-state index in [4.69, 9.17) is 0 Å². The van der Waals surface area contributed by atoms with Crippen LogP contribution < -0.4 is 0 Å². The highest BCUT2D eigenvalue weighted by atomic mass is 19.2. The van der Waals surface area contributed by atoms with Crippen LogP contribution in [0.25, 0.3) is 0 Å². The van der Waals surface area contributed by atoms with Gasteiger partial charge in [0.1, 0.15) is 0 Å². The predicted octanol–water partition coefficient (Wildman–Crippen LogP) is 1.62. The van der Waals surface area contributed by atoms with Gasteiger partial charge in [-0.1, -0.05) is 6.07 Å². The Hall–Kier alpha value is -2.11. The number of H-pyrrole nitrogens is 1. The summed E-state index contributed by atoms with van der Waals surface area (Å²) in [6.45, 7) is 1.42. The van der Waals surface area contributed by atoms with Crippen LogP contribution >= 0.6 is 0 Å². The SMILES string of the molecule is Cc1ccc(C(=O)c2cn[nH]n2)c(F)c1F. The van der Waals surface area contributed by atoms with Gasteiger partial charge in [0.2, 0.25) is 5.78 Å². The molecule has 0 unspecified atom stereocenters. The number of nitrogens with zero attached hydrogens (tertiary/aromatic N) is 2. The van der Waals surface area contributed by atoms with Gasteiger partial charge < -0.3 is 0 Å². The lowest BCUT2D eigenvalue weighted by atomic mass is 10.1. The van der Waals surface area contributed by atoms with Crippen molar-refractivity contribution in [1.29, 1.82) is 0 Å². The van der Waals surface area contributed by atoms with Crippen LogP contribution in [0.2, 0.25) is 0 Å². The zero-order valence-corrected chi connectivity index (χ0v) is 8.29. The van der Waals surface area contributed by atoms with Crippen LogP contribution in [0.3, 0.4) is 0 Å². The van der Waals surface area contributed by atoms with Crippen molar-refractivity contribution in [3.8, 4) is 0 Å². The number of carbonyl (C=O) groups excluding carboxylic acids is 1. The minimum absolute atomic E-state index is 0.0536. The standard InChI is InChI=1S/C10H7F2N3O/c1-5-2-3-6(9(12)8(5)11)10(16)7-4-13-15-14-7/h2-4H,1H3,(H,13,14,15). The highest BCUT2D eigenvalue weighted by Gasteiger charge is 2.19. The number of rotatable bonds is 2. The van der Waals surface area contributed by atoms with Crippen molar-refractivity contribution in [2.75, 3.05) is 0 Å². The third-order valence-corrected chi connectivity index (χ3v) is 2.17. The Labute approximate surface area is 89.3 Å². The molecule has 0 aliphatic carbocycles. The second kappa shape index (κ2) is 3.80.